The highest BCUT2D eigenvalue weighted by Gasteiger charge is 2.37. The summed E-state index contributed by atoms with van der Waals surface area (Å²) in [5.74, 6) is 1.25. The van der Waals surface area contributed by atoms with Gasteiger partial charge in [-0.2, -0.15) is 0 Å². The van der Waals surface area contributed by atoms with Gasteiger partial charge in [0.1, 0.15) is 5.75 Å². The highest BCUT2D eigenvalue weighted by Crippen LogP contribution is 2.38. The van der Waals surface area contributed by atoms with Gasteiger partial charge in [0, 0.05) is 18.8 Å². The van der Waals surface area contributed by atoms with Crippen molar-refractivity contribution in [2.75, 3.05) is 6.54 Å². The number of nitrogens with zero attached hydrogens (tertiary/aromatic N) is 2. The molecule has 1 saturated heterocycles. The zero-order valence-corrected chi connectivity index (χ0v) is 9.47. The van der Waals surface area contributed by atoms with Gasteiger partial charge in [-0.3, -0.25) is 9.88 Å². The second-order valence-corrected chi connectivity index (χ2v) is 4.99. The molecule has 3 heteroatoms. The topological polar surface area (TPSA) is 36.4 Å². The molecule has 1 aliphatic carbocycles. The monoisotopic (exact) mass is 218 g/mol. The predicted octanol–water partition coefficient (Wildman–Crippen LogP) is 2.16. The van der Waals surface area contributed by atoms with Crippen molar-refractivity contribution in [1.29, 1.82) is 0 Å². The summed E-state index contributed by atoms with van der Waals surface area (Å²) < 4.78 is 0. The zero-order chi connectivity index (χ0) is 11.0. The maximum atomic E-state index is 9.72. The SMILES string of the molecule is Oc1cccnc1CN1CCC2CCCC21. The molecule has 0 aromatic carbocycles. The highest BCUT2D eigenvalue weighted by molar-refractivity contribution is 5.25. The Hall–Kier alpha value is -1.09. The molecule has 3 rings (SSSR count). The Bertz CT molecular complexity index is 380. The van der Waals surface area contributed by atoms with Gasteiger partial charge in [-0.15, -0.1) is 0 Å². The van der Waals surface area contributed by atoms with E-state index in [2.05, 4.69) is 9.88 Å². The number of hydrogen-bond donors (Lipinski definition) is 1. The number of likely N-dealkylation sites (tertiary alicyclic amines) is 1. The fraction of sp³-hybridized carbons (Fsp3) is 0.615. The van der Waals surface area contributed by atoms with Crippen molar-refractivity contribution in [2.24, 2.45) is 5.92 Å². The molecule has 1 aliphatic heterocycles. The van der Waals surface area contributed by atoms with Crippen molar-refractivity contribution in [1.82, 2.24) is 9.88 Å². The molecule has 1 aromatic rings. The van der Waals surface area contributed by atoms with Gasteiger partial charge in [0.05, 0.1) is 5.69 Å². The molecule has 1 aromatic heterocycles. The minimum atomic E-state index is 0.337. The lowest BCUT2D eigenvalue weighted by Crippen LogP contribution is -2.29. The molecule has 0 spiro atoms. The Kier molecular flexibility index (Phi) is 2.56. The summed E-state index contributed by atoms with van der Waals surface area (Å²) in [5.41, 5.74) is 0.829. The minimum absolute atomic E-state index is 0.337. The standard InChI is InChI=1S/C13H18N2O/c16-13-5-2-7-14-11(13)9-15-8-6-10-3-1-4-12(10)15/h2,5,7,10,12,16H,1,3-4,6,8-9H2. The molecule has 2 aliphatic rings. The third kappa shape index (κ3) is 1.69. The van der Waals surface area contributed by atoms with Gasteiger partial charge in [-0.05, 0) is 43.9 Å². The summed E-state index contributed by atoms with van der Waals surface area (Å²) in [7, 11) is 0. The molecule has 2 unspecified atom stereocenters. The zero-order valence-electron chi connectivity index (χ0n) is 9.47. The molecule has 0 amide bonds. The largest absolute Gasteiger partial charge is 0.506 e. The first kappa shape index (κ1) is 10.1. The second-order valence-electron chi connectivity index (χ2n) is 4.99. The summed E-state index contributed by atoms with van der Waals surface area (Å²) in [6.07, 6.45) is 7.20. The van der Waals surface area contributed by atoms with E-state index in [0.29, 0.717) is 5.75 Å². The number of pyridine rings is 1. The lowest BCUT2D eigenvalue weighted by Gasteiger charge is -2.23. The molecule has 2 heterocycles. The Morgan fingerprint density at radius 1 is 1.38 bits per heavy atom. The van der Waals surface area contributed by atoms with E-state index < -0.39 is 0 Å². The van der Waals surface area contributed by atoms with Crippen LogP contribution in [0, 0.1) is 5.92 Å². The van der Waals surface area contributed by atoms with Crippen molar-refractivity contribution in [3.8, 4) is 5.75 Å². The molecule has 0 radical (unpaired) electrons. The van der Waals surface area contributed by atoms with Crippen LogP contribution in [0.1, 0.15) is 31.4 Å². The Labute approximate surface area is 96.1 Å². The second kappa shape index (κ2) is 4.06. The van der Waals surface area contributed by atoms with E-state index in [9.17, 15) is 5.11 Å². The van der Waals surface area contributed by atoms with Crippen LogP contribution in [-0.2, 0) is 6.54 Å². The van der Waals surface area contributed by atoms with E-state index in [1.54, 1.807) is 18.3 Å². The first-order valence-corrected chi connectivity index (χ1v) is 6.21. The maximum absolute atomic E-state index is 9.72. The Balaban J connectivity index is 1.73. The van der Waals surface area contributed by atoms with Crippen molar-refractivity contribution < 1.29 is 5.11 Å². The molecule has 16 heavy (non-hydrogen) atoms. The van der Waals surface area contributed by atoms with Crippen LogP contribution in [-0.4, -0.2) is 27.6 Å². The number of hydrogen-bond acceptors (Lipinski definition) is 3. The fourth-order valence-corrected chi connectivity index (χ4v) is 3.27. The van der Waals surface area contributed by atoms with Crippen LogP contribution in [0.15, 0.2) is 18.3 Å². The molecular formula is C13H18N2O. The minimum Gasteiger partial charge on any atom is -0.506 e. The van der Waals surface area contributed by atoms with Gasteiger partial charge in [0.15, 0.2) is 0 Å². The molecule has 2 fully saturated rings. The first-order chi connectivity index (χ1) is 7.84. The molecule has 86 valence electrons. The van der Waals surface area contributed by atoms with E-state index in [1.807, 2.05) is 0 Å². The van der Waals surface area contributed by atoms with Crippen LogP contribution in [0.4, 0.5) is 0 Å². The van der Waals surface area contributed by atoms with Gasteiger partial charge in [-0.1, -0.05) is 6.42 Å². The maximum Gasteiger partial charge on any atom is 0.138 e. The average molecular weight is 218 g/mol. The summed E-state index contributed by atoms with van der Waals surface area (Å²) in [6.45, 7) is 1.99. The number of rotatable bonds is 2. The van der Waals surface area contributed by atoms with Crippen molar-refractivity contribution in [3.63, 3.8) is 0 Å². The van der Waals surface area contributed by atoms with Gasteiger partial charge in [-0.25, -0.2) is 0 Å². The highest BCUT2D eigenvalue weighted by atomic mass is 16.3. The van der Waals surface area contributed by atoms with E-state index in [1.165, 1.54) is 32.2 Å². The van der Waals surface area contributed by atoms with Gasteiger partial charge in [0.25, 0.3) is 0 Å². The van der Waals surface area contributed by atoms with Crippen LogP contribution in [0.25, 0.3) is 0 Å². The normalized spacial score (nSPS) is 29.5. The van der Waals surface area contributed by atoms with Crippen LogP contribution in [0.5, 0.6) is 5.75 Å². The van der Waals surface area contributed by atoms with Crippen LogP contribution in [0.3, 0.4) is 0 Å². The molecule has 1 N–H and O–H groups in total. The number of aromatic nitrogens is 1. The number of fused-ring (bicyclic) bond motifs is 1. The predicted molar refractivity (Wildman–Crippen MR) is 62.1 cm³/mol. The summed E-state index contributed by atoms with van der Waals surface area (Å²) in [6, 6.07) is 4.26. The first-order valence-electron chi connectivity index (χ1n) is 6.21. The smallest absolute Gasteiger partial charge is 0.138 e. The van der Waals surface area contributed by atoms with E-state index in [0.717, 1.165) is 24.2 Å². The van der Waals surface area contributed by atoms with E-state index >= 15 is 0 Å². The lowest BCUT2D eigenvalue weighted by atomic mass is 10.0. The van der Waals surface area contributed by atoms with Gasteiger partial charge in [0.2, 0.25) is 0 Å². The van der Waals surface area contributed by atoms with E-state index in [4.69, 9.17) is 0 Å². The molecule has 2 atom stereocenters. The van der Waals surface area contributed by atoms with Crippen LogP contribution >= 0.6 is 0 Å². The third-order valence-electron chi connectivity index (χ3n) is 4.09. The van der Waals surface area contributed by atoms with Gasteiger partial charge >= 0.3 is 0 Å². The lowest BCUT2D eigenvalue weighted by molar-refractivity contribution is 0.227. The summed E-state index contributed by atoms with van der Waals surface area (Å²) >= 11 is 0. The molecule has 3 nitrogen and oxygen atoms in total. The van der Waals surface area contributed by atoms with Crippen LogP contribution in [0.2, 0.25) is 0 Å². The average Bonchev–Trinajstić information content (AvgIpc) is 2.86. The Morgan fingerprint density at radius 3 is 3.19 bits per heavy atom. The summed E-state index contributed by atoms with van der Waals surface area (Å²) in [4.78, 5) is 6.76. The number of aromatic hydroxyl groups is 1. The third-order valence-corrected chi connectivity index (χ3v) is 4.09. The summed E-state index contributed by atoms with van der Waals surface area (Å²) in [5, 5.41) is 9.72. The van der Waals surface area contributed by atoms with Crippen molar-refractivity contribution in [3.05, 3.63) is 24.0 Å². The van der Waals surface area contributed by atoms with Gasteiger partial charge < -0.3 is 5.11 Å². The molecule has 0 bridgehead atoms. The quantitative estimate of drug-likeness (QED) is 0.826. The van der Waals surface area contributed by atoms with Crippen molar-refractivity contribution in [2.45, 2.75) is 38.3 Å². The molecular weight excluding hydrogens is 200 g/mol. The van der Waals surface area contributed by atoms with Crippen molar-refractivity contribution >= 4 is 0 Å². The molecule has 1 saturated carbocycles. The van der Waals surface area contributed by atoms with E-state index in [-0.39, 0.29) is 0 Å². The Morgan fingerprint density at radius 2 is 2.31 bits per heavy atom. The fourth-order valence-electron chi connectivity index (χ4n) is 3.27. The van der Waals surface area contributed by atoms with Crippen LogP contribution < -0.4 is 0 Å².